The molecule has 2 rings (SSSR count). The van der Waals surface area contributed by atoms with Gasteiger partial charge < -0.3 is 16.8 Å². The van der Waals surface area contributed by atoms with E-state index in [2.05, 4.69) is 5.32 Å². The summed E-state index contributed by atoms with van der Waals surface area (Å²) in [5.41, 5.74) is 17.7. The minimum absolute atomic E-state index is 0.760. The number of hydrogen-bond donors (Lipinski definition) is 3. The van der Waals surface area contributed by atoms with Crippen molar-refractivity contribution < 1.29 is 0 Å². The quantitative estimate of drug-likeness (QED) is 0.691. The summed E-state index contributed by atoms with van der Waals surface area (Å²) in [4.78, 5) is 0. The molecule has 0 unspecified atom stereocenters. The smallest absolute Gasteiger partial charge is 0.0444 e. The summed E-state index contributed by atoms with van der Waals surface area (Å²) in [6.45, 7) is 2.02. The average molecular weight is 227 g/mol. The van der Waals surface area contributed by atoms with Crippen molar-refractivity contribution in [2.75, 3.05) is 23.8 Å². The Balaban J connectivity index is 2.53. The molecule has 0 spiro atoms. The van der Waals surface area contributed by atoms with Gasteiger partial charge in [0.05, 0.1) is 0 Å². The molecule has 0 fully saturated rings. The highest BCUT2D eigenvalue weighted by Crippen LogP contribution is 2.32. The lowest BCUT2D eigenvalue weighted by Crippen LogP contribution is -1.99. The highest BCUT2D eigenvalue weighted by Gasteiger charge is 2.07. The summed E-state index contributed by atoms with van der Waals surface area (Å²) in [6, 6.07) is 11.8. The molecule has 0 amide bonds. The van der Waals surface area contributed by atoms with Crippen LogP contribution >= 0.6 is 0 Å². The Hall–Kier alpha value is -2.16. The van der Waals surface area contributed by atoms with Crippen LogP contribution in [-0.2, 0) is 0 Å². The zero-order valence-electron chi connectivity index (χ0n) is 10.1. The van der Waals surface area contributed by atoms with Gasteiger partial charge >= 0.3 is 0 Å². The van der Waals surface area contributed by atoms with Gasteiger partial charge in [-0.15, -0.1) is 0 Å². The molecule has 88 valence electrons. The summed E-state index contributed by atoms with van der Waals surface area (Å²) in [5.74, 6) is 0. The van der Waals surface area contributed by atoms with Crippen molar-refractivity contribution in [2.24, 2.45) is 0 Å². The molecule has 0 aliphatic carbocycles. The highest BCUT2D eigenvalue weighted by atomic mass is 14.8. The van der Waals surface area contributed by atoms with E-state index in [1.54, 1.807) is 0 Å². The minimum atomic E-state index is 0.760. The van der Waals surface area contributed by atoms with E-state index in [0.29, 0.717) is 0 Å². The van der Waals surface area contributed by atoms with Crippen LogP contribution in [0.15, 0.2) is 36.4 Å². The van der Waals surface area contributed by atoms with Crippen LogP contribution in [0, 0.1) is 6.92 Å². The third kappa shape index (κ3) is 2.04. The maximum Gasteiger partial charge on any atom is 0.0444 e. The maximum atomic E-state index is 6.16. The molecule has 2 aromatic carbocycles. The molecule has 2 aromatic rings. The fourth-order valence-corrected chi connectivity index (χ4v) is 1.91. The van der Waals surface area contributed by atoms with Gasteiger partial charge in [0.25, 0.3) is 0 Å². The third-order valence-corrected chi connectivity index (χ3v) is 3.01. The standard InChI is InChI=1S/C14H17N3/c1-9-13(17-2)8-7-12(14(9)16)10-3-5-11(15)6-4-10/h3-8,17H,15-16H2,1-2H3. The monoisotopic (exact) mass is 227 g/mol. The van der Waals surface area contributed by atoms with Crippen LogP contribution < -0.4 is 16.8 Å². The summed E-state index contributed by atoms with van der Waals surface area (Å²) < 4.78 is 0. The molecule has 5 N–H and O–H groups in total. The number of anilines is 3. The van der Waals surface area contributed by atoms with Crippen molar-refractivity contribution in [3.8, 4) is 11.1 Å². The topological polar surface area (TPSA) is 64.1 Å². The summed E-state index contributed by atoms with van der Waals surface area (Å²) in [7, 11) is 1.89. The van der Waals surface area contributed by atoms with Crippen molar-refractivity contribution in [2.45, 2.75) is 6.92 Å². The van der Waals surface area contributed by atoms with Crippen molar-refractivity contribution in [1.29, 1.82) is 0 Å². The van der Waals surface area contributed by atoms with Gasteiger partial charge in [0, 0.05) is 29.7 Å². The van der Waals surface area contributed by atoms with Crippen LogP contribution in [-0.4, -0.2) is 7.05 Å². The van der Waals surface area contributed by atoms with E-state index in [-0.39, 0.29) is 0 Å². The van der Waals surface area contributed by atoms with E-state index in [1.165, 1.54) is 0 Å². The van der Waals surface area contributed by atoms with Crippen molar-refractivity contribution in [3.05, 3.63) is 42.0 Å². The van der Waals surface area contributed by atoms with Crippen LogP contribution in [0.5, 0.6) is 0 Å². The molecule has 3 heteroatoms. The second-order valence-corrected chi connectivity index (χ2v) is 4.07. The number of nitrogen functional groups attached to an aromatic ring is 2. The van der Waals surface area contributed by atoms with E-state index in [4.69, 9.17) is 11.5 Å². The first-order valence-corrected chi connectivity index (χ1v) is 5.56. The molecule has 0 atom stereocenters. The Morgan fingerprint density at radius 3 is 2.18 bits per heavy atom. The maximum absolute atomic E-state index is 6.16. The van der Waals surface area contributed by atoms with Gasteiger partial charge in [-0.1, -0.05) is 18.2 Å². The van der Waals surface area contributed by atoms with E-state index < -0.39 is 0 Å². The molecule has 0 saturated carbocycles. The summed E-state index contributed by atoms with van der Waals surface area (Å²) in [5, 5.41) is 3.12. The van der Waals surface area contributed by atoms with Crippen LogP contribution in [0.2, 0.25) is 0 Å². The normalized spacial score (nSPS) is 10.2. The summed E-state index contributed by atoms with van der Waals surface area (Å²) >= 11 is 0. The molecular formula is C14H17N3. The molecule has 0 aliphatic rings. The van der Waals surface area contributed by atoms with Gasteiger partial charge in [0.15, 0.2) is 0 Å². The largest absolute Gasteiger partial charge is 0.399 e. The predicted molar refractivity (Wildman–Crippen MR) is 75.0 cm³/mol. The van der Waals surface area contributed by atoms with E-state index in [1.807, 2.05) is 50.4 Å². The van der Waals surface area contributed by atoms with E-state index in [0.717, 1.165) is 33.8 Å². The zero-order chi connectivity index (χ0) is 12.4. The third-order valence-electron chi connectivity index (χ3n) is 3.01. The minimum Gasteiger partial charge on any atom is -0.399 e. The molecule has 0 saturated heterocycles. The average Bonchev–Trinajstić information content (AvgIpc) is 2.34. The van der Waals surface area contributed by atoms with Gasteiger partial charge in [-0.05, 0) is 36.2 Å². The summed E-state index contributed by atoms with van der Waals surface area (Å²) in [6.07, 6.45) is 0. The molecule has 3 nitrogen and oxygen atoms in total. The molecular weight excluding hydrogens is 210 g/mol. The number of nitrogens with one attached hydrogen (secondary N) is 1. The van der Waals surface area contributed by atoms with Crippen LogP contribution in [0.25, 0.3) is 11.1 Å². The molecule has 0 aliphatic heterocycles. The van der Waals surface area contributed by atoms with Gasteiger partial charge in [0.1, 0.15) is 0 Å². The molecule has 17 heavy (non-hydrogen) atoms. The van der Waals surface area contributed by atoms with Gasteiger partial charge in [-0.3, -0.25) is 0 Å². The van der Waals surface area contributed by atoms with Gasteiger partial charge in [-0.2, -0.15) is 0 Å². The fraction of sp³-hybridized carbons (Fsp3) is 0.143. The molecule has 0 bridgehead atoms. The Kier molecular flexibility index (Phi) is 2.91. The van der Waals surface area contributed by atoms with E-state index in [9.17, 15) is 0 Å². The SMILES string of the molecule is CNc1ccc(-c2ccc(N)cc2)c(N)c1C. The van der Waals surface area contributed by atoms with Gasteiger partial charge in [-0.25, -0.2) is 0 Å². The number of rotatable bonds is 2. The highest BCUT2D eigenvalue weighted by molar-refractivity contribution is 5.83. The Bertz CT molecular complexity index is 530. The van der Waals surface area contributed by atoms with Crippen molar-refractivity contribution in [1.82, 2.24) is 0 Å². The van der Waals surface area contributed by atoms with Gasteiger partial charge in [0.2, 0.25) is 0 Å². The Labute approximate surface area is 101 Å². The first kappa shape index (κ1) is 11.3. The first-order valence-electron chi connectivity index (χ1n) is 5.56. The van der Waals surface area contributed by atoms with E-state index >= 15 is 0 Å². The second-order valence-electron chi connectivity index (χ2n) is 4.07. The lowest BCUT2D eigenvalue weighted by molar-refractivity contribution is 1.40. The lowest BCUT2D eigenvalue weighted by atomic mass is 9.99. The Morgan fingerprint density at radius 2 is 1.59 bits per heavy atom. The van der Waals surface area contributed by atoms with Crippen LogP contribution in [0.3, 0.4) is 0 Å². The van der Waals surface area contributed by atoms with Crippen molar-refractivity contribution in [3.63, 3.8) is 0 Å². The molecule has 0 heterocycles. The zero-order valence-corrected chi connectivity index (χ0v) is 10.1. The lowest BCUT2D eigenvalue weighted by Gasteiger charge is -2.13. The first-order chi connectivity index (χ1) is 8.13. The van der Waals surface area contributed by atoms with Crippen molar-refractivity contribution >= 4 is 17.1 Å². The number of benzene rings is 2. The number of nitrogens with two attached hydrogens (primary N) is 2. The van der Waals surface area contributed by atoms with Crippen LogP contribution in [0.1, 0.15) is 5.56 Å². The Morgan fingerprint density at radius 1 is 0.941 bits per heavy atom. The molecule has 0 radical (unpaired) electrons. The number of hydrogen-bond acceptors (Lipinski definition) is 3. The predicted octanol–water partition coefficient (Wildman–Crippen LogP) is 2.87. The fourth-order valence-electron chi connectivity index (χ4n) is 1.91. The second kappa shape index (κ2) is 4.37. The van der Waals surface area contributed by atoms with Crippen LogP contribution in [0.4, 0.5) is 17.1 Å². The molecule has 0 aromatic heterocycles.